The lowest BCUT2D eigenvalue weighted by molar-refractivity contribution is -0.359. The van der Waals surface area contributed by atoms with E-state index in [-0.39, 0.29) is 18.9 Å². The fraction of sp³-hybridized carbons (Fsp3) is 0.935. The van der Waals surface area contributed by atoms with Crippen LogP contribution in [0.4, 0.5) is 0 Å². The third kappa shape index (κ3) is 45.6. The first-order chi connectivity index (χ1) is 44.6. The Labute approximate surface area is 558 Å². The molecule has 0 aromatic carbocycles. The summed E-state index contributed by atoms with van der Waals surface area (Å²) in [7, 11) is 0. The molecule has 12 unspecified atom stereocenters. The van der Waals surface area contributed by atoms with E-state index in [2.05, 4.69) is 31.3 Å². The molecule has 2 rings (SSSR count). The van der Waals surface area contributed by atoms with Gasteiger partial charge in [0.15, 0.2) is 12.6 Å². The van der Waals surface area contributed by atoms with Crippen molar-refractivity contribution in [2.24, 2.45) is 0 Å². The largest absolute Gasteiger partial charge is 0.394 e. The molecule has 14 heteroatoms. The van der Waals surface area contributed by atoms with Crippen LogP contribution in [0.1, 0.15) is 367 Å². The molecule has 2 heterocycles. The number of aliphatic hydroxyl groups is 8. The predicted octanol–water partition coefficient (Wildman–Crippen LogP) is 17.1. The monoisotopic (exact) mass is 1290 g/mol. The SMILES string of the molecule is CCCCCCCCCC/C=C\CCCCCCCCCCCCCCCCCCCCCCCCCCCCCC(=O)NC(COC1OC(CO)C(OC2OC(CO)C(O)C(O)C2O)C(O)C1O)C(O)/C=C/CCCCCCCCCCCCCCCCCC. The van der Waals surface area contributed by atoms with Crippen molar-refractivity contribution in [3.05, 3.63) is 24.3 Å². The van der Waals surface area contributed by atoms with E-state index in [0.29, 0.717) is 6.42 Å². The fourth-order valence-corrected chi connectivity index (χ4v) is 13.2. The minimum Gasteiger partial charge on any atom is -0.394 e. The highest BCUT2D eigenvalue weighted by atomic mass is 16.7. The Bertz CT molecular complexity index is 1620. The molecule has 0 spiro atoms. The first-order valence-corrected chi connectivity index (χ1v) is 39.1. The molecule has 12 atom stereocenters. The molecule has 0 bridgehead atoms. The van der Waals surface area contributed by atoms with E-state index in [1.807, 2.05) is 6.08 Å². The molecular formula is C77H147NO13. The Morgan fingerprint density at radius 2 is 0.692 bits per heavy atom. The Kier molecular flexibility index (Phi) is 58.3. The van der Waals surface area contributed by atoms with Gasteiger partial charge in [-0.25, -0.2) is 0 Å². The molecule has 9 N–H and O–H groups in total. The van der Waals surface area contributed by atoms with Crippen molar-refractivity contribution < 1.29 is 64.6 Å². The standard InChI is InChI=1S/C77H147NO13/c1-3-5-7-9-11-13-15-17-19-21-23-24-25-26-27-28-29-30-31-32-33-34-35-36-37-38-39-40-41-42-43-45-47-49-51-53-55-57-59-61-69(82)78-65(66(81)60-58-56-54-52-50-48-46-44-22-20-18-16-14-12-10-8-6-4-2)64-88-76-74(87)72(85)75(68(63-80)90-76)91-77-73(86)71(84)70(83)67(62-79)89-77/h21,23,58,60,65-68,70-77,79-81,83-87H,3-20,22,24-57,59,61-64H2,1-2H3,(H,78,82)/b23-21-,60-58+. The van der Waals surface area contributed by atoms with Crippen molar-refractivity contribution in [3.63, 3.8) is 0 Å². The first-order valence-electron chi connectivity index (χ1n) is 39.1. The minimum absolute atomic E-state index is 0.231. The van der Waals surface area contributed by atoms with Gasteiger partial charge in [-0.1, -0.05) is 340 Å². The number of rotatable bonds is 66. The van der Waals surface area contributed by atoms with Crippen LogP contribution in [-0.4, -0.2) is 140 Å². The van der Waals surface area contributed by atoms with Crippen molar-refractivity contribution in [1.29, 1.82) is 0 Å². The van der Waals surface area contributed by atoms with Crippen LogP contribution in [0.3, 0.4) is 0 Å². The molecule has 2 fully saturated rings. The van der Waals surface area contributed by atoms with Gasteiger partial charge in [-0.15, -0.1) is 0 Å². The second-order valence-corrected chi connectivity index (χ2v) is 27.8. The molecule has 2 aliphatic heterocycles. The summed E-state index contributed by atoms with van der Waals surface area (Å²) in [6, 6.07) is -0.912. The Morgan fingerprint density at radius 1 is 0.385 bits per heavy atom. The van der Waals surface area contributed by atoms with E-state index in [4.69, 9.17) is 18.9 Å². The molecule has 1 amide bonds. The number of carbonyl (C=O) groups is 1. The normalized spacial score (nSPS) is 22.8. The summed E-state index contributed by atoms with van der Waals surface area (Å²) in [5.74, 6) is -0.231. The lowest BCUT2D eigenvalue weighted by atomic mass is 9.97. The molecule has 0 aliphatic carbocycles. The van der Waals surface area contributed by atoms with Crippen molar-refractivity contribution >= 4 is 5.91 Å². The van der Waals surface area contributed by atoms with E-state index in [9.17, 15) is 45.6 Å². The molecule has 14 nitrogen and oxygen atoms in total. The molecule has 91 heavy (non-hydrogen) atoms. The van der Waals surface area contributed by atoms with Gasteiger partial charge >= 0.3 is 0 Å². The average Bonchev–Trinajstić information content (AvgIpc) is 1.19. The van der Waals surface area contributed by atoms with Gasteiger partial charge < -0.3 is 65.1 Å². The highest BCUT2D eigenvalue weighted by Gasteiger charge is 2.51. The van der Waals surface area contributed by atoms with Crippen LogP contribution in [0.25, 0.3) is 0 Å². The predicted molar refractivity (Wildman–Crippen MR) is 374 cm³/mol. The van der Waals surface area contributed by atoms with Gasteiger partial charge in [-0.05, 0) is 44.9 Å². The lowest BCUT2D eigenvalue weighted by Gasteiger charge is -2.46. The van der Waals surface area contributed by atoms with E-state index >= 15 is 0 Å². The number of allylic oxidation sites excluding steroid dienone is 3. The van der Waals surface area contributed by atoms with Crippen LogP contribution in [0, 0.1) is 0 Å². The van der Waals surface area contributed by atoms with Crippen LogP contribution < -0.4 is 5.32 Å². The smallest absolute Gasteiger partial charge is 0.220 e. The van der Waals surface area contributed by atoms with Gasteiger partial charge in [0.2, 0.25) is 5.91 Å². The molecule has 0 aromatic heterocycles. The van der Waals surface area contributed by atoms with Gasteiger partial charge in [0.05, 0.1) is 32.0 Å². The number of hydrogen-bond acceptors (Lipinski definition) is 13. The van der Waals surface area contributed by atoms with Crippen molar-refractivity contribution in [2.75, 3.05) is 19.8 Å². The van der Waals surface area contributed by atoms with Gasteiger partial charge in [0.25, 0.3) is 0 Å². The Balaban J connectivity index is 1.56. The van der Waals surface area contributed by atoms with Crippen LogP contribution >= 0.6 is 0 Å². The molecule has 2 aliphatic rings. The molecular weight excluding hydrogens is 1150 g/mol. The Hall–Kier alpha value is -1.53. The van der Waals surface area contributed by atoms with Crippen LogP contribution in [0.2, 0.25) is 0 Å². The maximum Gasteiger partial charge on any atom is 0.220 e. The summed E-state index contributed by atoms with van der Waals surface area (Å²) >= 11 is 0. The van der Waals surface area contributed by atoms with E-state index in [1.165, 1.54) is 302 Å². The molecule has 538 valence electrons. The molecule has 0 radical (unpaired) electrons. The highest BCUT2D eigenvalue weighted by Crippen LogP contribution is 2.30. The minimum atomic E-state index is -1.79. The number of carbonyl (C=O) groups excluding carboxylic acids is 1. The molecule has 0 aromatic rings. The highest BCUT2D eigenvalue weighted by molar-refractivity contribution is 5.76. The number of unbranched alkanes of at least 4 members (excludes halogenated alkanes) is 51. The van der Waals surface area contributed by atoms with Crippen molar-refractivity contribution in [1.82, 2.24) is 5.32 Å². The van der Waals surface area contributed by atoms with Gasteiger partial charge in [-0.2, -0.15) is 0 Å². The third-order valence-corrected chi connectivity index (χ3v) is 19.4. The summed E-state index contributed by atoms with van der Waals surface area (Å²) < 4.78 is 22.9. The average molecular weight is 1300 g/mol. The number of ether oxygens (including phenoxy) is 4. The maximum absolute atomic E-state index is 13.3. The van der Waals surface area contributed by atoms with Crippen molar-refractivity contribution in [3.8, 4) is 0 Å². The van der Waals surface area contributed by atoms with Gasteiger partial charge in [0, 0.05) is 6.42 Å². The van der Waals surface area contributed by atoms with Gasteiger partial charge in [0.1, 0.15) is 48.8 Å². The lowest BCUT2D eigenvalue weighted by Crippen LogP contribution is -2.65. The topological polar surface area (TPSA) is 228 Å². The second-order valence-electron chi connectivity index (χ2n) is 27.8. The number of nitrogens with one attached hydrogen (secondary N) is 1. The fourth-order valence-electron chi connectivity index (χ4n) is 13.2. The van der Waals surface area contributed by atoms with Crippen LogP contribution in [-0.2, 0) is 23.7 Å². The second kappa shape index (κ2) is 62.0. The number of aliphatic hydroxyl groups excluding tert-OH is 8. The maximum atomic E-state index is 13.3. The quantitative estimate of drug-likeness (QED) is 0.0204. The van der Waals surface area contributed by atoms with Crippen LogP contribution in [0.5, 0.6) is 0 Å². The van der Waals surface area contributed by atoms with Gasteiger partial charge in [-0.3, -0.25) is 4.79 Å². The van der Waals surface area contributed by atoms with Crippen molar-refractivity contribution in [2.45, 2.75) is 441 Å². The zero-order chi connectivity index (χ0) is 65.9. The van der Waals surface area contributed by atoms with E-state index < -0.39 is 86.8 Å². The summed E-state index contributed by atoms with van der Waals surface area (Å²) in [5, 5.41) is 87.5. The Morgan fingerprint density at radius 3 is 1.04 bits per heavy atom. The first kappa shape index (κ1) is 85.6. The molecule has 0 saturated carbocycles. The van der Waals surface area contributed by atoms with E-state index in [0.717, 1.165) is 38.5 Å². The summed E-state index contributed by atoms with van der Waals surface area (Å²) in [5.41, 5.74) is 0. The third-order valence-electron chi connectivity index (χ3n) is 19.4. The zero-order valence-corrected chi connectivity index (χ0v) is 58.9. The number of amides is 1. The zero-order valence-electron chi connectivity index (χ0n) is 58.9. The van der Waals surface area contributed by atoms with Crippen LogP contribution in [0.15, 0.2) is 24.3 Å². The summed E-state index contributed by atoms with van der Waals surface area (Å²) in [6.45, 7) is 2.85. The summed E-state index contributed by atoms with van der Waals surface area (Å²) in [4.78, 5) is 13.3. The summed E-state index contributed by atoms with van der Waals surface area (Å²) in [6.07, 6.45) is 62.7. The molecule has 2 saturated heterocycles. The number of hydrogen-bond donors (Lipinski definition) is 9. The van der Waals surface area contributed by atoms with E-state index in [1.54, 1.807) is 6.08 Å².